The van der Waals surface area contributed by atoms with E-state index < -0.39 is 21.9 Å². The van der Waals surface area contributed by atoms with Gasteiger partial charge in [-0.05, 0) is 50.8 Å². The third-order valence-corrected chi connectivity index (χ3v) is 7.88. The van der Waals surface area contributed by atoms with Crippen molar-refractivity contribution in [3.63, 3.8) is 0 Å². The minimum Gasteiger partial charge on any atom is -0.352 e. The fourth-order valence-corrected chi connectivity index (χ4v) is 5.63. The van der Waals surface area contributed by atoms with Gasteiger partial charge in [0.15, 0.2) is 0 Å². The maximum absolute atomic E-state index is 14.4. The minimum atomic E-state index is -3.56. The molecule has 1 fully saturated rings. The summed E-state index contributed by atoms with van der Waals surface area (Å²) in [5.41, 5.74) is 1.71. The third-order valence-electron chi connectivity index (χ3n) is 6.70. The van der Waals surface area contributed by atoms with Crippen LogP contribution in [0.25, 0.3) is 0 Å². The van der Waals surface area contributed by atoms with Gasteiger partial charge < -0.3 is 10.2 Å². The highest BCUT2D eigenvalue weighted by atomic mass is 32.2. The molecule has 2 aromatic rings. The molecule has 196 valence electrons. The van der Waals surface area contributed by atoms with Crippen molar-refractivity contribution in [2.45, 2.75) is 71.0 Å². The zero-order chi connectivity index (χ0) is 26.3. The van der Waals surface area contributed by atoms with Crippen LogP contribution < -0.4 is 9.62 Å². The Labute approximate surface area is 213 Å². The molecule has 1 aliphatic rings. The zero-order valence-electron chi connectivity index (χ0n) is 21.2. The van der Waals surface area contributed by atoms with E-state index >= 15 is 0 Å². The molecular weight excluding hydrogens is 481 g/mol. The fraction of sp³-hybridized carbons (Fsp3) is 0.481. The lowest BCUT2D eigenvalue weighted by molar-refractivity contribution is -0.141. The number of carbonyl (C=O) groups excluding carboxylic acids is 2. The predicted molar refractivity (Wildman–Crippen MR) is 139 cm³/mol. The van der Waals surface area contributed by atoms with E-state index in [1.807, 2.05) is 19.1 Å². The molecule has 36 heavy (non-hydrogen) atoms. The number of benzene rings is 2. The Kier molecular flexibility index (Phi) is 9.48. The van der Waals surface area contributed by atoms with Crippen LogP contribution in [-0.2, 0) is 26.2 Å². The van der Waals surface area contributed by atoms with Crippen LogP contribution >= 0.6 is 0 Å². The molecular formula is C27H36FN3O4S. The van der Waals surface area contributed by atoms with E-state index in [0.29, 0.717) is 11.3 Å². The first-order valence-electron chi connectivity index (χ1n) is 12.4. The minimum absolute atomic E-state index is 0.0212. The van der Waals surface area contributed by atoms with Crippen molar-refractivity contribution in [1.29, 1.82) is 0 Å². The van der Waals surface area contributed by atoms with Crippen LogP contribution in [0.1, 0.15) is 56.6 Å². The number of nitrogens with one attached hydrogen (secondary N) is 1. The molecule has 0 unspecified atom stereocenters. The number of hydrogen-bond donors (Lipinski definition) is 1. The number of nitrogens with zero attached hydrogens (tertiary/aromatic N) is 2. The quantitative estimate of drug-likeness (QED) is 0.485. The van der Waals surface area contributed by atoms with E-state index in [0.717, 1.165) is 37.5 Å². The summed E-state index contributed by atoms with van der Waals surface area (Å²) in [4.78, 5) is 27.7. The molecule has 3 rings (SSSR count). The highest BCUT2D eigenvalue weighted by molar-refractivity contribution is 7.92. The van der Waals surface area contributed by atoms with Crippen molar-refractivity contribution in [1.82, 2.24) is 10.2 Å². The predicted octanol–water partition coefficient (Wildman–Crippen LogP) is 4.16. The van der Waals surface area contributed by atoms with Crippen LogP contribution in [0, 0.1) is 12.7 Å². The van der Waals surface area contributed by atoms with Gasteiger partial charge in [-0.2, -0.15) is 0 Å². The Bertz CT molecular complexity index is 1170. The van der Waals surface area contributed by atoms with E-state index in [2.05, 4.69) is 5.32 Å². The fourth-order valence-electron chi connectivity index (χ4n) is 4.61. The lowest BCUT2D eigenvalue weighted by Crippen LogP contribution is -2.49. The van der Waals surface area contributed by atoms with Crippen LogP contribution in [0.2, 0.25) is 0 Å². The molecule has 0 saturated heterocycles. The average Bonchev–Trinajstić information content (AvgIpc) is 3.33. The van der Waals surface area contributed by atoms with Crippen molar-refractivity contribution in [3.8, 4) is 0 Å². The van der Waals surface area contributed by atoms with E-state index in [-0.39, 0.29) is 43.8 Å². The molecule has 1 atom stereocenters. The summed E-state index contributed by atoms with van der Waals surface area (Å²) in [6, 6.07) is 12.7. The average molecular weight is 518 g/mol. The van der Waals surface area contributed by atoms with Gasteiger partial charge >= 0.3 is 0 Å². The van der Waals surface area contributed by atoms with Gasteiger partial charge in [-0.1, -0.05) is 49.2 Å². The van der Waals surface area contributed by atoms with Crippen LogP contribution in [0.4, 0.5) is 10.1 Å². The number of sulfonamides is 1. The molecule has 7 nitrogen and oxygen atoms in total. The summed E-state index contributed by atoms with van der Waals surface area (Å²) in [7, 11) is -3.56. The second kappa shape index (κ2) is 12.3. The number of hydrogen-bond acceptors (Lipinski definition) is 4. The summed E-state index contributed by atoms with van der Waals surface area (Å²) < 4.78 is 40.6. The number of anilines is 1. The van der Waals surface area contributed by atoms with Gasteiger partial charge in [0.1, 0.15) is 11.9 Å². The molecule has 1 aliphatic carbocycles. The number of aryl methyl sites for hydroxylation is 1. The maximum atomic E-state index is 14.4. The largest absolute Gasteiger partial charge is 0.352 e. The maximum Gasteiger partial charge on any atom is 0.242 e. The monoisotopic (exact) mass is 517 g/mol. The van der Waals surface area contributed by atoms with E-state index in [1.54, 1.807) is 37.3 Å². The zero-order valence-corrected chi connectivity index (χ0v) is 22.1. The molecule has 1 saturated carbocycles. The van der Waals surface area contributed by atoms with Crippen molar-refractivity contribution >= 4 is 27.5 Å². The molecule has 0 radical (unpaired) electrons. The van der Waals surface area contributed by atoms with Gasteiger partial charge in [0.05, 0.1) is 11.9 Å². The molecule has 0 heterocycles. The van der Waals surface area contributed by atoms with Gasteiger partial charge in [0, 0.05) is 31.1 Å². The first-order valence-corrected chi connectivity index (χ1v) is 14.3. The Morgan fingerprint density at radius 3 is 2.36 bits per heavy atom. The van der Waals surface area contributed by atoms with E-state index in [9.17, 15) is 22.4 Å². The standard InChI is InChI=1S/C27H36FN3O4S/c1-20-11-4-9-16-25(20)31(36(3,34)35)18-10-17-26(32)30(19-22-12-5-8-15-24(22)28)21(2)27(33)29-23-13-6-7-14-23/h4-5,8-9,11-12,15-16,21,23H,6-7,10,13-14,17-19H2,1-3H3,(H,29,33)/t21-/m0/s1. The van der Waals surface area contributed by atoms with Gasteiger partial charge in [-0.3, -0.25) is 13.9 Å². The number of para-hydroxylation sites is 1. The highest BCUT2D eigenvalue weighted by Crippen LogP contribution is 2.23. The number of carbonyl (C=O) groups is 2. The smallest absolute Gasteiger partial charge is 0.242 e. The van der Waals surface area contributed by atoms with Gasteiger partial charge in [0.25, 0.3) is 0 Å². The second-order valence-corrected chi connectivity index (χ2v) is 11.4. The molecule has 0 spiro atoms. The van der Waals surface area contributed by atoms with E-state index in [4.69, 9.17) is 0 Å². The number of amides is 2. The van der Waals surface area contributed by atoms with Crippen LogP contribution in [0.3, 0.4) is 0 Å². The molecule has 9 heteroatoms. The normalized spacial score (nSPS) is 14.9. The highest BCUT2D eigenvalue weighted by Gasteiger charge is 2.29. The summed E-state index contributed by atoms with van der Waals surface area (Å²) in [6.45, 7) is 3.56. The lowest BCUT2D eigenvalue weighted by Gasteiger charge is -2.30. The topological polar surface area (TPSA) is 86.8 Å². The molecule has 0 aliphatic heterocycles. The Morgan fingerprint density at radius 1 is 1.08 bits per heavy atom. The van der Waals surface area contributed by atoms with Gasteiger partial charge in [-0.25, -0.2) is 12.8 Å². The van der Waals surface area contributed by atoms with Crippen LogP contribution in [0.15, 0.2) is 48.5 Å². The molecule has 0 aromatic heterocycles. The van der Waals surface area contributed by atoms with Crippen molar-refractivity contribution < 1.29 is 22.4 Å². The Hall–Kier alpha value is -2.94. The number of rotatable bonds is 11. The second-order valence-electron chi connectivity index (χ2n) is 9.50. The van der Waals surface area contributed by atoms with Crippen molar-refractivity contribution in [3.05, 3.63) is 65.5 Å². The van der Waals surface area contributed by atoms with Crippen molar-refractivity contribution in [2.75, 3.05) is 17.1 Å². The lowest BCUT2D eigenvalue weighted by atomic mass is 10.1. The third kappa shape index (κ3) is 7.29. The van der Waals surface area contributed by atoms with E-state index in [1.165, 1.54) is 15.3 Å². The van der Waals surface area contributed by atoms with Gasteiger partial charge in [-0.15, -0.1) is 0 Å². The summed E-state index contributed by atoms with van der Waals surface area (Å²) in [5, 5.41) is 3.02. The summed E-state index contributed by atoms with van der Waals surface area (Å²) in [5.74, 6) is -1.03. The van der Waals surface area contributed by atoms with Crippen molar-refractivity contribution in [2.24, 2.45) is 0 Å². The SMILES string of the molecule is Cc1ccccc1N(CCCC(=O)N(Cc1ccccc1F)[C@@H](C)C(=O)NC1CCCC1)S(C)(=O)=O. The summed E-state index contributed by atoms with van der Waals surface area (Å²) in [6.07, 6.45) is 5.38. The molecule has 2 aromatic carbocycles. The Balaban J connectivity index is 1.73. The summed E-state index contributed by atoms with van der Waals surface area (Å²) >= 11 is 0. The molecule has 1 N–H and O–H groups in total. The first-order chi connectivity index (χ1) is 17.1. The molecule has 2 amide bonds. The first kappa shape index (κ1) is 27.6. The van der Waals surface area contributed by atoms with Gasteiger partial charge in [0.2, 0.25) is 21.8 Å². The van der Waals surface area contributed by atoms with Crippen LogP contribution in [0.5, 0.6) is 0 Å². The van der Waals surface area contributed by atoms with Crippen LogP contribution in [-0.4, -0.2) is 50.0 Å². The molecule has 0 bridgehead atoms. The number of halogens is 1. The Morgan fingerprint density at radius 2 is 1.72 bits per heavy atom.